The smallest absolute Gasteiger partial charge is 0.339 e. The minimum absolute atomic E-state index is 0.0327. The number of carboxylic acid groups (broad SMARTS) is 1. The predicted octanol–water partition coefficient (Wildman–Crippen LogP) is 3.29. The third-order valence-corrected chi connectivity index (χ3v) is 2.80. The Hall–Kier alpha value is -2.69. The van der Waals surface area contributed by atoms with Gasteiger partial charge in [-0.1, -0.05) is 12.1 Å². The summed E-state index contributed by atoms with van der Waals surface area (Å²) in [5, 5.41) is 9.18. The van der Waals surface area contributed by atoms with Gasteiger partial charge in [0, 0.05) is 0 Å². The van der Waals surface area contributed by atoms with Crippen LogP contribution in [0.15, 0.2) is 36.4 Å². The van der Waals surface area contributed by atoms with E-state index in [2.05, 4.69) is 0 Å². The molecule has 1 heterocycles. The standard InChI is InChI=1S/C14H10O5/c1-17-11-7-6-8(14(15)16)12-13(11)19-10-5-3-2-4-9(10)18-12/h2-7H,1H3,(H,15,16). The second kappa shape index (κ2) is 4.20. The van der Waals surface area contributed by atoms with Crippen molar-refractivity contribution in [2.45, 2.75) is 0 Å². The van der Waals surface area contributed by atoms with Crippen molar-refractivity contribution >= 4 is 5.97 Å². The van der Waals surface area contributed by atoms with Gasteiger partial charge in [0.05, 0.1) is 7.11 Å². The number of para-hydroxylation sites is 2. The molecule has 0 saturated heterocycles. The van der Waals surface area contributed by atoms with Crippen molar-refractivity contribution in [3.8, 4) is 28.7 Å². The SMILES string of the molecule is COc1ccc(C(=O)O)c2c1Oc1ccccc1O2. The first-order valence-electron chi connectivity index (χ1n) is 5.59. The van der Waals surface area contributed by atoms with Gasteiger partial charge in [-0.15, -0.1) is 0 Å². The molecule has 1 N–H and O–H groups in total. The Labute approximate surface area is 109 Å². The van der Waals surface area contributed by atoms with Crippen molar-refractivity contribution < 1.29 is 24.1 Å². The molecular weight excluding hydrogens is 248 g/mol. The monoisotopic (exact) mass is 258 g/mol. The molecule has 0 fully saturated rings. The van der Waals surface area contributed by atoms with Crippen LogP contribution < -0.4 is 14.2 Å². The molecule has 5 nitrogen and oxygen atoms in total. The van der Waals surface area contributed by atoms with Gasteiger partial charge in [-0.2, -0.15) is 0 Å². The number of carboxylic acids is 1. The van der Waals surface area contributed by atoms with Crippen molar-refractivity contribution in [3.63, 3.8) is 0 Å². The number of aromatic carboxylic acids is 1. The van der Waals surface area contributed by atoms with E-state index in [-0.39, 0.29) is 17.1 Å². The Morgan fingerprint density at radius 3 is 2.26 bits per heavy atom. The minimum Gasteiger partial charge on any atom is -0.493 e. The van der Waals surface area contributed by atoms with Gasteiger partial charge in [-0.05, 0) is 24.3 Å². The van der Waals surface area contributed by atoms with Crippen LogP contribution >= 0.6 is 0 Å². The van der Waals surface area contributed by atoms with Crippen LogP contribution in [-0.4, -0.2) is 18.2 Å². The zero-order valence-electron chi connectivity index (χ0n) is 10.0. The van der Waals surface area contributed by atoms with Crippen molar-refractivity contribution in [1.29, 1.82) is 0 Å². The van der Waals surface area contributed by atoms with Crippen LogP contribution in [0, 0.1) is 0 Å². The van der Waals surface area contributed by atoms with Crippen LogP contribution in [0.5, 0.6) is 28.7 Å². The first-order chi connectivity index (χ1) is 9.20. The third-order valence-electron chi connectivity index (χ3n) is 2.80. The average Bonchev–Trinajstić information content (AvgIpc) is 2.43. The first-order valence-corrected chi connectivity index (χ1v) is 5.59. The molecule has 96 valence electrons. The van der Waals surface area contributed by atoms with E-state index in [1.807, 2.05) is 0 Å². The topological polar surface area (TPSA) is 65.0 Å². The summed E-state index contributed by atoms with van der Waals surface area (Å²) in [7, 11) is 1.49. The van der Waals surface area contributed by atoms with Crippen LogP contribution in [0.2, 0.25) is 0 Å². The Kier molecular flexibility index (Phi) is 2.52. The fraction of sp³-hybridized carbons (Fsp3) is 0.0714. The molecule has 1 aliphatic heterocycles. The third kappa shape index (κ3) is 1.76. The van der Waals surface area contributed by atoms with Crippen LogP contribution in [0.3, 0.4) is 0 Å². The number of ether oxygens (including phenoxy) is 3. The molecule has 0 aliphatic carbocycles. The number of rotatable bonds is 2. The molecule has 2 aromatic carbocycles. The number of carbonyl (C=O) groups is 1. The molecule has 1 aliphatic rings. The summed E-state index contributed by atoms with van der Waals surface area (Å²) < 4.78 is 16.5. The summed E-state index contributed by atoms with van der Waals surface area (Å²) in [5.41, 5.74) is 0.0327. The van der Waals surface area contributed by atoms with E-state index in [0.717, 1.165) is 0 Å². The Balaban J connectivity index is 2.19. The molecule has 0 unspecified atom stereocenters. The summed E-state index contributed by atoms with van der Waals surface area (Å²) in [6.45, 7) is 0. The molecule has 2 aromatic rings. The fourth-order valence-corrected chi connectivity index (χ4v) is 1.91. The first kappa shape index (κ1) is 11.4. The van der Waals surface area contributed by atoms with Gasteiger partial charge in [0.1, 0.15) is 5.56 Å². The molecule has 3 rings (SSSR count). The van der Waals surface area contributed by atoms with E-state index >= 15 is 0 Å². The number of benzene rings is 2. The second-order valence-electron chi connectivity index (χ2n) is 3.93. The van der Waals surface area contributed by atoms with Gasteiger partial charge in [-0.25, -0.2) is 4.79 Å². The van der Waals surface area contributed by atoms with Crippen LogP contribution in [0.1, 0.15) is 10.4 Å². The summed E-state index contributed by atoms with van der Waals surface area (Å²) in [4.78, 5) is 11.2. The maximum absolute atomic E-state index is 11.2. The van der Waals surface area contributed by atoms with E-state index in [1.165, 1.54) is 13.2 Å². The molecule has 5 heteroatoms. The van der Waals surface area contributed by atoms with Crippen molar-refractivity contribution in [2.24, 2.45) is 0 Å². The van der Waals surface area contributed by atoms with Crippen LogP contribution in [0.25, 0.3) is 0 Å². The summed E-state index contributed by atoms with van der Waals surface area (Å²) in [5.74, 6) is 0.782. The fourth-order valence-electron chi connectivity index (χ4n) is 1.91. The molecule has 0 saturated carbocycles. The van der Waals surface area contributed by atoms with Gasteiger partial charge < -0.3 is 19.3 Å². The lowest BCUT2D eigenvalue weighted by Gasteiger charge is -2.23. The Morgan fingerprint density at radius 2 is 1.68 bits per heavy atom. The maximum Gasteiger partial charge on any atom is 0.339 e. The highest BCUT2D eigenvalue weighted by molar-refractivity contribution is 5.93. The van der Waals surface area contributed by atoms with Crippen molar-refractivity contribution in [1.82, 2.24) is 0 Å². The molecule has 19 heavy (non-hydrogen) atoms. The highest BCUT2D eigenvalue weighted by Gasteiger charge is 2.27. The van der Waals surface area contributed by atoms with Gasteiger partial charge in [0.15, 0.2) is 23.0 Å². The predicted molar refractivity (Wildman–Crippen MR) is 66.5 cm³/mol. The zero-order valence-corrected chi connectivity index (χ0v) is 10.0. The molecule has 0 amide bonds. The van der Waals surface area contributed by atoms with E-state index < -0.39 is 5.97 Å². The lowest BCUT2D eigenvalue weighted by atomic mass is 10.1. The summed E-state index contributed by atoms with van der Waals surface area (Å²) >= 11 is 0. The molecule has 0 spiro atoms. The normalized spacial score (nSPS) is 11.6. The van der Waals surface area contributed by atoms with Gasteiger partial charge in [0.25, 0.3) is 0 Å². The lowest BCUT2D eigenvalue weighted by molar-refractivity contribution is 0.0693. The molecule has 0 bridgehead atoms. The highest BCUT2D eigenvalue weighted by Crippen LogP contribution is 2.51. The summed E-state index contributed by atoms with van der Waals surface area (Å²) in [6.07, 6.45) is 0. The van der Waals surface area contributed by atoms with E-state index in [0.29, 0.717) is 17.2 Å². The van der Waals surface area contributed by atoms with Gasteiger partial charge >= 0.3 is 5.97 Å². The number of fused-ring (bicyclic) bond motifs is 2. The van der Waals surface area contributed by atoms with Gasteiger partial charge in [0.2, 0.25) is 5.75 Å². The summed E-state index contributed by atoms with van der Waals surface area (Å²) in [6, 6.07) is 10.0. The average molecular weight is 258 g/mol. The number of methoxy groups -OCH3 is 1. The largest absolute Gasteiger partial charge is 0.493 e. The van der Waals surface area contributed by atoms with E-state index in [9.17, 15) is 9.90 Å². The zero-order chi connectivity index (χ0) is 13.4. The highest BCUT2D eigenvalue weighted by atomic mass is 16.6. The minimum atomic E-state index is -1.08. The van der Waals surface area contributed by atoms with Crippen molar-refractivity contribution in [2.75, 3.05) is 7.11 Å². The van der Waals surface area contributed by atoms with Gasteiger partial charge in [-0.3, -0.25) is 0 Å². The Morgan fingerprint density at radius 1 is 1.05 bits per heavy atom. The molecular formula is C14H10O5. The molecule has 0 atom stereocenters. The van der Waals surface area contributed by atoms with Crippen molar-refractivity contribution in [3.05, 3.63) is 42.0 Å². The molecule has 0 aromatic heterocycles. The second-order valence-corrected chi connectivity index (χ2v) is 3.93. The molecule has 0 radical (unpaired) electrons. The van der Waals surface area contributed by atoms with E-state index in [1.54, 1.807) is 30.3 Å². The maximum atomic E-state index is 11.2. The Bertz CT molecular complexity index is 663. The quantitative estimate of drug-likeness (QED) is 0.764. The number of hydrogen-bond acceptors (Lipinski definition) is 4. The lowest BCUT2D eigenvalue weighted by Crippen LogP contribution is -2.07. The van der Waals surface area contributed by atoms with Crippen LogP contribution in [-0.2, 0) is 0 Å². The van der Waals surface area contributed by atoms with Crippen LogP contribution in [0.4, 0.5) is 0 Å². The number of hydrogen-bond donors (Lipinski definition) is 1. The van der Waals surface area contributed by atoms with E-state index in [4.69, 9.17) is 14.2 Å².